The maximum Gasteiger partial charge on any atom is 1.00 e. The second kappa shape index (κ2) is 17.7. The quantitative estimate of drug-likeness (QED) is 0.180. The van der Waals surface area contributed by atoms with Crippen molar-refractivity contribution in [2.24, 2.45) is 0 Å². The molecule has 0 atom stereocenters. The first-order valence-electron chi connectivity index (χ1n) is 0.200. The zero-order valence-corrected chi connectivity index (χ0v) is 8.02. The third-order valence-corrected chi connectivity index (χ3v) is 0. The SMILES string of the molecule is OO.[H-].[H-].[K+].[Na+]. The van der Waals surface area contributed by atoms with Crippen molar-refractivity contribution >= 4 is 0 Å². The van der Waals surface area contributed by atoms with Gasteiger partial charge in [0.25, 0.3) is 0 Å². The Hall–Kier alpha value is 2.56. The molecule has 0 aliphatic heterocycles. The van der Waals surface area contributed by atoms with Gasteiger partial charge in [-0.3, -0.25) is 10.5 Å². The molecule has 0 heterocycles. The smallest absolute Gasteiger partial charge is 1.00 e. The fourth-order valence-electron chi connectivity index (χ4n) is 0. The molecular formula is H4KNaO2. The summed E-state index contributed by atoms with van der Waals surface area (Å²) in [5.41, 5.74) is 0. The molecular weight excluding hydrogens is 94.1 g/mol. The second-order valence-electron chi connectivity index (χ2n) is 0. The maximum atomic E-state index is 6.00. The normalized spacial score (nSPS) is 1.50. The first-order chi connectivity index (χ1) is 1.00. The molecule has 18 valence electrons. The van der Waals surface area contributed by atoms with Crippen LogP contribution in [0.4, 0.5) is 0 Å². The van der Waals surface area contributed by atoms with Gasteiger partial charge in [0.2, 0.25) is 0 Å². The third-order valence-electron chi connectivity index (χ3n) is 0. The molecule has 0 aromatic carbocycles. The summed E-state index contributed by atoms with van der Waals surface area (Å²) >= 11 is 0. The van der Waals surface area contributed by atoms with Crippen molar-refractivity contribution in [2.45, 2.75) is 0 Å². The molecule has 0 amide bonds. The van der Waals surface area contributed by atoms with Gasteiger partial charge in [0.15, 0.2) is 0 Å². The van der Waals surface area contributed by atoms with Crippen LogP contribution in [-0.4, -0.2) is 10.5 Å². The molecule has 0 saturated heterocycles. The Morgan fingerprint density at radius 3 is 1.25 bits per heavy atom. The molecule has 4 heavy (non-hydrogen) atoms. The Morgan fingerprint density at radius 2 is 1.25 bits per heavy atom. The minimum absolute atomic E-state index is 0. The van der Waals surface area contributed by atoms with E-state index in [0.29, 0.717) is 0 Å². The monoisotopic (exact) mass is 98.0 g/mol. The van der Waals surface area contributed by atoms with Crippen molar-refractivity contribution < 1.29 is 94.3 Å². The van der Waals surface area contributed by atoms with E-state index in [0.717, 1.165) is 0 Å². The summed E-state index contributed by atoms with van der Waals surface area (Å²) in [6.07, 6.45) is 0. The van der Waals surface area contributed by atoms with Gasteiger partial charge >= 0.3 is 80.9 Å². The molecule has 0 aliphatic carbocycles. The molecule has 0 unspecified atom stereocenters. The van der Waals surface area contributed by atoms with Crippen LogP contribution in [-0.2, 0) is 0 Å². The largest absolute Gasteiger partial charge is 1.00 e. The Bertz CT molecular complexity index is 11.5. The van der Waals surface area contributed by atoms with E-state index in [4.69, 9.17) is 10.5 Å². The van der Waals surface area contributed by atoms with Crippen LogP contribution in [0.5, 0.6) is 0 Å². The fourth-order valence-corrected chi connectivity index (χ4v) is 0. The molecule has 0 aromatic rings. The van der Waals surface area contributed by atoms with Crippen molar-refractivity contribution in [3.63, 3.8) is 0 Å². The molecule has 0 fully saturated rings. The van der Waals surface area contributed by atoms with Crippen LogP contribution in [0, 0.1) is 0 Å². The van der Waals surface area contributed by atoms with E-state index in [-0.39, 0.29) is 83.8 Å². The van der Waals surface area contributed by atoms with Gasteiger partial charge in [-0.25, -0.2) is 0 Å². The number of rotatable bonds is 0. The summed E-state index contributed by atoms with van der Waals surface area (Å²) in [5, 5.41) is 12.0. The van der Waals surface area contributed by atoms with Crippen molar-refractivity contribution in [1.29, 1.82) is 0 Å². The molecule has 0 radical (unpaired) electrons. The predicted octanol–water partition coefficient (Wildman–Crippen LogP) is -5.75. The van der Waals surface area contributed by atoms with Crippen molar-refractivity contribution in [2.75, 3.05) is 0 Å². The molecule has 0 aromatic heterocycles. The minimum atomic E-state index is 0. The Labute approximate surface area is 92.2 Å². The van der Waals surface area contributed by atoms with E-state index in [1.807, 2.05) is 0 Å². The Kier molecular flexibility index (Phi) is 70.6. The molecule has 0 bridgehead atoms. The summed E-state index contributed by atoms with van der Waals surface area (Å²) in [7, 11) is 0. The van der Waals surface area contributed by atoms with Gasteiger partial charge in [0.1, 0.15) is 0 Å². The molecule has 2 N–H and O–H groups in total. The van der Waals surface area contributed by atoms with Crippen LogP contribution in [0.2, 0.25) is 0 Å². The fraction of sp³-hybridized carbons (Fsp3) is 0. The van der Waals surface area contributed by atoms with Crippen LogP contribution in [0.15, 0.2) is 0 Å². The zero-order chi connectivity index (χ0) is 2.00. The molecule has 2 nitrogen and oxygen atoms in total. The molecule has 0 saturated carbocycles. The van der Waals surface area contributed by atoms with Crippen LogP contribution in [0.25, 0.3) is 0 Å². The van der Waals surface area contributed by atoms with Gasteiger partial charge in [0.05, 0.1) is 0 Å². The van der Waals surface area contributed by atoms with E-state index < -0.39 is 0 Å². The summed E-state index contributed by atoms with van der Waals surface area (Å²) in [4.78, 5) is 0. The summed E-state index contributed by atoms with van der Waals surface area (Å²) < 4.78 is 0. The van der Waals surface area contributed by atoms with Crippen LogP contribution in [0.3, 0.4) is 0 Å². The number of hydrogen-bond donors (Lipinski definition) is 2. The topological polar surface area (TPSA) is 40.5 Å². The van der Waals surface area contributed by atoms with Crippen molar-refractivity contribution in [3.8, 4) is 0 Å². The molecule has 4 heteroatoms. The number of hydrogen-bond acceptors (Lipinski definition) is 2. The van der Waals surface area contributed by atoms with Gasteiger partial charge in [-0.15, -0.1) is 0 Å². The first kappa shape index (κ1) is 16.0. The van der Waals surface area contributed by atoms with E-state index >= 15 is 0 Å². The van der Waals surface area contributed by atoms with Crippen LogP contribution in [0.1, 0.15) is 2.85 Å². The summed E-state index contributed by atoms with van der Waals surface area (Å²) in [5.74, 6) is 0. The average molecular weight is 98.1 g/mol. The van der Waals surface area contributed by atoms with Gasteiger partial charge < -0.3 is 2.85 Å². The maximum absolute atomic E-state index is 6.00. The van der Waals surface area contributed by atoms with Crippen LogP contribution >= 0.6 is 0 Å². The second-order valence-corrected chi connectivity index (χ2v) is 0. The van der Waals surface area contributed by atoms with E-state index in [1.165, 1.54) is 0 Å². The van der Waals surface area contributed by atoms with Gasteiger partial charge in [-0.1, -0.05) is 0 Å². The van der Waals surface area contributed by atoms with Gasteiger partial charge in [-0.2, -0.15) is 0 Å². The molecule has 0 spiro atoms. The Morgan fingerprint density at radius 1 is 1.25 bits per heavy atom. The van der Waals surface area contributed by atoms with Crippen molar-refractivity contribution in [1.82, 2.24) is 0 Å². The average Bonchev–Trinajstić information content (AvgIpc) is 1.00. The predicted molar refractivity (Wildman–Crippen MR) is 7.48 cm³/mol. The van der Waals surface area contributed by atoms with E-state index in [1.54, 1.807) is 0 Å². The minimum Gasteiger partial charge on any atom is -1.00 e. The van der Waals surface area contributed by atoms with Crippen molar-refractivity contribution in [3.05, 3.63) is 0 Å². The van der Waals surface area contributed by atoms with Gasteiger partial charge in [-0.05, 0) is 0 Å². The van der Waals surface area contributed by atoms with E-state index in [2.05, 4.69) is 0 Å². The molecule has 0 rings (SSSR count). The standard InChI is InChI=1S/K.Na.H2O2.2H/c;;1-2;;/h;;1-2H;;/q2*+1;;2*-1. The molecule has 0 aliphatic rings. The summed E-state index contributed by atoms with van der Waals surface area (Å²) in [6, 6.07) is 0. The van der Waals surface area contributed by atoms with Crippen LogP contribution < -0.4 is 80.9 Å². The zero-order valence-electron chi connectivity index (χ0n) is 4.89. The third kappa shape index (κ3) is 8.82. The van der Waals surface area contributed by atoms with E-state index in [9.17, 15) is 0 Å². The van der Waals surface area contributed by atoms with Gasteiger partial charge in [0, 0.05) is 0 Å². The summed E-state index contributed by atoms with van der Waals surface area (Å²) in [6.45, 7) is 0. The Balaban J connectivity index is -0.000000000833. The first-order valence-corrected chi connectivity index (χ1v) is 0.200.